The summed E-state index contributed by atoms with van der Waals surface area (Å²) in [7, 11) is 0. The number of hydrogen-bond donors (Lipinski definition) is 1. The molecule has 0 unspecified atom stereocenters. The van der Waals surface area contributed by atoms with Gasteiger partial charge in [-0.2, -0.15) is 5.10 Å². The second-order valence-electron chi connectivity index (χ2n) is 5.39. The molecule has 1 aromatic carbocycles. The van der Waals surface area contributed by atoms with Crippen molar-refractivity contribution in [2.75, 3.05) is 0 Å². The largest absolute Gasteiger partial charge is 0.336 e. The molecule has 3 aromatic rings. The number of imidazole rings is 1. The molecule has 4 rings (SSSR count). The molecule has 2 heterocycles. The quantitative estimate of drug-likeness (QED) is 0.788. The first-order valence-corrected chi connectivity index (χ1v) is 6.80. The van der Waals surface area contributed by atoms with Crippen molar-refractivity contribution in [3.63, 3.8) is 0 Å². The van der Waals surface area contributed by atoms with Crippen LogP contribution in [0, 0.1) is 0 Å². The molecule has 5 heteroatoms. The number of aromatic amines is 1. The van der Waals surface area contributed by atoms with E-state index in [0.717, 1.165) is 36.6 Å². The van der Waals surface area contributed by atoms with E-state index in [4.69, 9.17) is 4.98 Å². The first kappa shape index (κ1) is 11.4. The van der Waals surface area contributed by atoms with Gasteiger partial charge in [0.25, 0.3) is 0 Å². The molecule has 20 heavy (non-hydrogen) atoms. The lowest BCUT2D eigenvalue weighted by atomic mass is 10.1. The van der Waals surface area contributed by atoms with E-state index in [9.17, 15) is 0 Å². The molecule has 0 saturated heterocycles. The van der Waals surface area contributed by atoms with Crippen LogP contribution >= 0.6 is 0 Å². The van der Waals surface area contributed by atoms with Crippen LogP contribution in [-0.2, 0) is 12.0 Å². The Balaban J connectivity index is 1.62. The van der Waals surface area contributed by atoms with Gasteiger partial charge in [-0.1, -0.05) is 30.3 Å². The highest BCUT2D eigenvalue weighted by molar-refractivity contribution is 5.54. The molecule has 1 saturated carbocycles. The zero-order valence-electron chi connectivity index (χ0n) is 11.0. The highest BCUT2D eigenvalue weighted by Crippen LogP contribution is 2.48. The number of nitrogens with one attached hydrogen (secondary N) is 1. The van der Waals surface area contributed by atoms with E-state index in [0.29, 0.717) is 0 Å². The summed E-state index contributed by atoms with van der Waals surface area (Å²) in [6.07, 6.45) is 7.96. The average molecular weight is 265 g/mol. The summed E-state index contributed by atoms with van der Waals surface area (Å²) >= 11 is 0. The molecule has 1 N–H and O–H groups in total. The van der Waals surface area contributed by atoms with Crippen molar-refractivity contribution in [2.45, 2.75) is 24.8 Å². The maximum absolute atomic E-state index is 4.69. The molecule has 0 bridgehead atoms. The van der Waals surface area contributed by atoms with Crippen molar-refractivity contribution >= 4 is 0 Å². The van der Waals surface area contributed by atoms with E-state index in [1.807, 2.05) is 49.1 Å². The van der Waals surface area contributed by atoms with Gasteiger partial charge in [-0.3, -0.25) is 5.10 Å². The van der Waals surface area contributed by atoms with Crippen LogP contribution in [0.5, 0.6) is 0 Å². The van der Waals surface area contributed by atoms with E-state index in [-0.39, 0.29) is 5.41 Å². The Kier molecular flexibility index (Phi) is 2.45. The third-order valence-corrected chi connectivity index (χ3v) is 3.92. The summed E-state index contributed by atoms with van der Waals surface area (Å²) in [4.78, 5) is 8.79. The Hall–Kier alpha value is -2.43. The number of aromatic nitrogens is 5. The van der Waals surface area contributed by atoms with E-state index in [1.54, 1.807) is 0 Å². The minimum absolute atomic E-state index is 0.112. The smallest absolute Gasteiger partial charge is 0.181 e. The van der Waals surface area contributed by atoms with Crippen molar-refractivity contribution in [3.8, 4) is 11.4 Å². The highest BCUT2D eigenvalue weighted by atomic mass is 15.2. The third kappa shape index (κ3) is 1.91. The van der Waals surface area contributed by atoms with Crippen LogP contribution in [0.4, 0.5) is 0 Å². The lowest BCUT2D eigenvalue weighted by molar-refractivity contribution is 0.522. The molecule has 1 fully saturated rings. The maximum Gasteiger partial charge on any atom is 0.181 e. The summed E-state index contributed by atoms with van der Waals surface area (Å²) in [5.41, 5.74) is 1.16. The fraction of sp³-hybridized carbons (Fsp3) is 0.267. The topological polar surface area (TPSA) is 59.4 Å². The fourth-order valence-electron chi connectivity index (χ4n) is 2.57. The molecule has 1 aliphatic rings. The predicted octanol–water partition coefficient (Wildman–Crippen LogP) is 2.40. The van der Waals surface area contributed by atoms with E-state index >= 15 is 0 Å². The van der Waals surface area contributed by atoms with Crippen molar-refractivity contribution < 1.29 is 0 Å². The van der Waals surface area contributed by atoms with Gasteiger partial charge in [0.15, 0.2) is 5.82 Å². The van der Waals surface area contributed by atoms with Gasteiger partial charge in [0.2, 0.25) is 0 Å². The Morgan fingerprint density at radius 1 is 1.20 bits per heavy atom. The van der Waals surface area contributed by atoms with Gasteiger partial charge >= 0.3 is 0 Å². The number of H-pyrrole nitrogens is 1. The Labute approximate surface area is 116 Å². The van der Waals surface area contributed by atoms with E-state index in [2.05, 4.69) is 19.7 Å². The minimum Gasteiger partial charge on any atom is -0.336 e. The van der Waals surface area contributed by atoms with Gasteiger partial charge < -0.3 is 4.57 Å². The average Bonchev–Trinajstić information content (AvgIpc) is 2.94. The van der Waals surface area contributed by atoms with E-state index < -0.39 is 0 Å². The first-order chi connectivity index (χ1) is 9.86. The number of hydrogen-bond acceptors (Lipinski definition) is 3. The molecule has 0 radical (unpaired) electrons. The first-order valence-electron chi connectivity index (χ1n) is 6.80. The third-order valence-electron chi connectivity index (χ3n) is 3.92. The van der Waals surface area contributed by atoms with Crippen LogP contribution in [-0.4, -0.2) is 24.7 Å². The second kappa shape index (κ2) is 4.30. The summed E-state index contributed by atoms with van der Waals surface area (Å²) in [5, 5.41) is 7.49. The van der Waals surface area contributed by atoms with Gasteiger partial charge in [-0.15, -0.1) is 0 Å². The predicted molar refractivity (Wildman–Crippen MR) is 75.0 cm³/mol. The van der Waals surface area contributed by atoms with Crippen LogP contribution in [0.3, 0.4) is 0 Å². The summed E-state index contributed by atoms with van der Waals surface area (Å²) in [6, 6.07) is 10.1. The van der Waals surface area contributed by atoms with Gasteiger partial charge in [-0.05, 0) is 12.8 Å². The van der Waals surface area contributed by atoms with Crippen molar-refractivity contribution in [3.05, 3.63) is 54.9 Å². The Bertz CT molecular complexity index is 695. The molecular weight excluding hydrogens is 250 g/mol. The molecular formula is C15H15N5. The van der Waals surface area contributed by atoms with Gasteiger partial charge in [0, 0.05) is 29.9 Å². The van der Waals surface area contributed by atoms with Crippen LogP contribution in [0.2, 0.25) is 0 Å². The summed E-state index contributed by atoms with van der Waals surface area (Å²) in [5.74, 6) is 1.77. The van der Waals surface area contributed by atoms with Gasteiger partial charge in [-0.25, -0.2) is 9.97 Å². The second-order valence-corrected chi connectivity index (χ2v) is 5.39. The standard InChI is InChI=1S/C15H15N5/c1-2-4-12(5-3-1)13-17-14(19-18-13)15(6-7-15)10-20-9-8-16-11-20/h1-5,8-9,11H,6-7,10H2,(H,17,18,19). The van der Waals surface area contributed by atoms with Crippen LogP contribution in [0.25, 0.3) is 11.4 Å². The van der Waals surface area contributed by atoms with Crippen LogP contribution in [0.15, 0.2) is 49.1 Å². The number of rotatable bonds is 4. The minimum atomic E-state index is 0.112. The normalized spacial score (nSPS) is 16.2. The SMILES string of the molecule is c1ccc(-c2n[nH]c(C3(Cn4ccnc4)CC3)n2)cc1. The summed E-state index contributed by atoms with van der Waals surface area (Å²) < 4.78 is 2.11. The van der Waals surface area contributed by atoms with Crippen molar-refractivity contribution in [2.24, 2.45) is 0 Å². The molecule has 100 valence electrons. The number of nitrogens with zero attached hydrogens (tertiary/aromatic N) is 4. The zero-order valence-corrected chi connectivity index (χ0v) is 11.0. The van der Waals surface area contributed by atoms with Gasteiger partial charge in [0.1, 0.15) is 5.82 Å². The molecule has 5 nitrogen and oxygen atoms in total. The molecule has 0 amide bonds. The zero-order chi connectivity index (χ0) is 13.4. The maximum atomic E-state index is 4.69. The molecule has 2 aromatic heterocycles. The van der Waals surface area contributed by atoms with Crippen LogP contribution in [0.1, 0.15) is 18.7 Å². The monoisotopic (exact) mass is 265 g/mol. The summed E-state index contributed by atoms with van der Waals surface area (Å²) in [6.45, 7) is 0.913. The van der Waals surface area contributed by atoms with Crippen LogP contribution < -0.4 is 0 Å². The van der Waals surface area contributed by atoms with Gasteiger partial charge in [0.05, 0.1) is 6.33 Å². The lowest BCUT2D eigenvalue weighted by Gasteiger charge is -2.11. The van der Waals surface area contributed by atoms with E-state index in [1.165, 1.54) is 0 Å². The lowest BCUT2D eigenvalue weighted by Crippen LogP contribution is -2.16. The van der Waals surface area contributed by atoms with Crippen molar-refractivity contribution in [1.82, 2.24) is 24.7 Å². The Morgan fingerprint density at radius 3 is 2.75 bits per heavy atom. The molecule has 0 aliphatic heterocycles. The van der Waals surface area contributed by atoms with Crippen molar-refractivity contribution in [1.29, 1.82) is 0 Å². The Morgan fingerprint density at radius 2 is 2.05 bits per heavy atom. The highest BCUT2D eigenvalue weighted by Gasteiger charge is 2.47. The molecule has 0 spiro atoms. The molecule has 0 atom stereocenters. The molecule has 1 aliphatic carbocycles. The number of benzene rings is 1. The fourth-order valence-corrected chi connectivity index (χ4v) is 2.57.